The van der Waals surface area contributed by atoms with E-state index in [-0.39, 0.29) is 17.2 Å². The number of carbonyl (C=O) groups excluding carboxylic acids is 2. The molecule has 2 aliphatic heterocycles. The van der Waals surface area contributed by atoms with Gasteiger partial charge in [-0.3, -0.25) is 19.7 Å². The summed E-state index contributed by atoms with van der Waals surface area (Å²) >= 11 is 0. The Hall–Kier alpha value is -3.66. The molecule has 2 heterocycles. The average Bonchev–Trinajstić information content (AvgIpc) is 3.30. The van der Waals surface area contributed by atoms with Crippen LogP contribution >= 0.6 is 0 Å². The minimum Gasteiger partial charge on any atom is -0.493 e. The summed E-state index contributed by atoms with van der Waals surface area (Å²) in [6, 6.07) is 5.97. The molecule has 0 aliphatic carbocycles. The van der Waals surface area contributed by atoms with Gasteiger partial charge in [0.25, 0.3) is 0 Å². The Bertz CT molecular complexity index is 1090. The number of rotatable bonds is 6. The lowest BCUT2D eigenvalue weighted by atomic mass is 9.86. The van der Waals surface area contributed by atoms with Crippen molar-refractivity contribution in [3.05, 3.63) is 47.8 Å². The number of hydrogen-bond donors (Lipinski definition) is 2. The van der Waals surface area contributed by atoms with Gasteiger partial charge >= 0.3 is 5.97 Å². The second-order valence-electron chi connectivity index (χ2n) is 7.42. The first-order valence-corrected chi connectivity index (χ1v) is 9.75. The van der Waals surface area contributed by atoms with Crippen molar-refractivity contribution in [1.29, 1.82) is 0 Å². The van der Waals surface area contributed by atoms with E-state index in [9.17, 15) is 23.9 Å². The first-order chi connectivity index (χ1) is 15.3. The summed E-state index contributed by atoms with van der Waals surface area (Å²) in [5.74, 6) is -4.26. The zero-order valence-electron chi connectivity index (χ0n) is 17.5. The lowest BCUT2D eigenvalue weighted by molar-refractivity contribution is -0.142. The van der Waals surface area contributed by atoms with Crippen LogP contribution in [0.5, 0.6) is 17.2 Å². The minimum absolute atomic E-state index is 0.179. The first kappa shape index (κ1) is 21.6. The van der Waals surface area contributed by atoms with Crippen LogP contribution < -0.4 is 24.4 Å². The van der Waals surface area contributed by atoms with Gasteiger partial charge in [-0.15, -0.1) is 0 Å². The Morgan fingerprint density at radius 3 is 2.12 bits per heavy atom. The number of fused-ring (bicyclic) bond motifs is 1. The molecule has 2 N–H and O–H groups in total. The Labute approximate surface area is 182 Å². The van der Waals surface area contributed by atoms with Gasteiger partial charge in [-0.1, -0.05) is 0 Å². The molecule has 4 rings (SSSR count). The van der Waals surface area contributed by atoms with Crippen molar-refractivity contribution in [2.24, 2.45) is 11.8 Å². The zero-order chi connectivity index (χ0) is 23.2. The lowest BCUT2D eigenvalue weighted by Crippen LogP contribution is -2.43. The molecule has 10 heteroatoms. The van der Waals surface area contributed by atoms with E-state index in [0.717, 1.165) is 17.0 Å². The normalized spacial score (nSPS) is 24.4. The van der Waals surface area contributed by atoms with Crippen molar-refractivity contribution in [3.63, 3.8) is 0 Å². The summed E-state index contributed by atoms with van der Waals surface area (Å²) in [6.07, 6.45) is 0. The SMILES string of the molecule is COc1ccc([C@@H]2N[C@H](C(=O)O)[C@H]3C(=O)N(c4ccc(F)cc4)C(=O)[C@@H]32)c(OC)c1OC. The summed E-state index contributed by atoms with van der Waals surface area (Å²) in [6.45, 7) is 0. The van der Waals surface area contributed by atoms with E-state index >= 15 is 0 Å². The number of carbonyl (C=O) groups is 3. The van der Waals surface area contributed by atoms with E-state index in [1.54, 1.807) is 12.1 Å². The van der Waals surface area contributed by atoms with Crippen LogP contribution in [0.25, 0.3) is 0 Å². The number of nitrogens with zero attached hydrogens (tertiary/aromatic N) is 1. The molecule has 4 atom stereocenters. The number of ether oxygens (including phenoxy) is 3. The molecule has 2 aromatic carbocycles. The monoisotopic (exact) mass is 444 g/mol. The molecule has 32 heavy (non-hydrogen) atoms. The number of halogens is 1. The van der Waals surface area contributed by atoms with Gasteiger partial charge in [0.1, 0.15) is 11.9 Å². The predicted octanol–water partition coefficient (Wildman–Crippen LogP) is 1.75. The van der Waals surface area contributed by atoms with Gasteiger partial charge in [0.05, 0.1) is 38.9 Å². The molecule has 0 bridgehead atoms. The Morgan fingerprint density at radius 2 is 1.56 bits per heavy atom. The number of amides is 2. The molecular formula is C22H21FN2O7. The van der Waals surface area contributed by atoms with Crippen molar-refractivity contribution in [2.75, 3.05) is 26.2 Å². The number of carboxylic acid groups (broad SMARTS) is 1. The second kappa shape index (κ2) is 8.12. The van der Waals surface area contributed by atoms with E-state index in [4.69, 9.17) is 14.2 Å². The minimum atomic E-state index is -1.30. The highest BCUT2D eigenvalue weighted by Crippen LogP contribution is 2.50. The summed E-state index contributed by atoms with van der Waals surface area (Å²) in [7, 11) is 4.30. The molecule has 0 radical (unpaired) electrons. The Morgan fingerprint density at radius 1 is 0.938 bits per heavy atom. The van der Waals surface area contributed by atoms with Gasteiger partial charge in [0, 0.05) is 11.6 Å². The number of nitrogens with one attached hydrogen (secondary N) is 1. The Balaban J connectivity index is 1.82. The Kier molecular flexibility index (Phi) is 5.47. The third-order valence-electron chi connectivity index (χ3n) is 5.90. The van der Waals surface area contributed by atoms with Crippen LogP contribution in [0.4, 0.5) is 10.1 Å². The van der Waals surface area contributed by atoms with Crippen LogP contribution in [0.15, 0.2) is 36.4 Å². The topological polar surface area (TPSA) is 114 Å². The molecule has 0 unspecified atom stereocenters. The summed E-state index contributed by atoms with van der Waals surface area (Å²) in [4.78, 5) is 39.5. The zero-order valence-corrected chi connectivity index (χ0v) is 17.5. The van der Waals surface area contributed by atoms with Crippen molar-refractivity contribution in [2.45, 2.75) is 12.1 Å². The number of imide groups is 1. The van der Waals surface area contributed by atoms with Crippen LogP contribution in [0.3, 0.4) is 0 Å². The fourth-order valence-corrected chi connectivity index (χ4v) is 4.54. The number of benzene rings is 2. The third-order valence-corrected chi connectivity index (χ3v) is 5.90. The molecule has 2 fully saturated rings. The number of carboxylic acids is 1. The molecule has 9 nitrogen and oxygen atoms in total. The van der Waals surface area contributed by atoms with Gasteiger partial charge < -0.3 is 19.3 Å². The van der Waals surface area contributed by atoms with Crippen LogP contribution in [0, 0.1) is 17.7 Å². The fourth-order valence-electron chi connectivity index (χ4n) is 4.54. The molecule has 0 saturated carbocycles. The number of methoxy groups -OCH3 is 3. The largest absolute Gasteiger partial charge is 0.493 e. The summed E-state index contributed by atoms with van der Waals surface area (Å²) < 4.78 is 29.6. The second-order valence-corrected chi connectivity index (χ2v) is 7.42. The van der Waals surface area contributed by atoms with Crippen molar-refractivity contribution < 1.29 is 38.1 Å². The van der Waals surface area contributed by atoms with Crippen molar-refractivity contribution in [3.8, 4) is 17.2 Å². The van der Waals surface area contributed by atoms with Crippen molar-refractivity contribution in [1.82, 2.24) is 5.32 Å². The maximum atomic E-state index is 13.4. The molecule has 2 saturated heterocycles. The van der Waals surface area contributed by atoms with Crippen LogP contribution in [-0.2, 0) is 14.4 Å². The summed E-state index contributed by atoms with van der Waals surface area (Å²) in [5.41, 5.74) is 0.629. The molecule has 0 spiro atoms. The molecular weight excluding hydrogens is 423 g/mol. The fraction of sp³-hybridized carbons (Fsp3) is 0.318. The molecule has 2 aliphatic rings. The van der Waals surface area contributed by atoms with E-state index in [1.807, 2.05) is 0 Å². The summed E-state index contributed by atoms with van der Waals surface area (Å²) in [5, 5.41) is 12.7. The van der Waals surface area contributed by atoms with Gasteiger partial charge in [-0.05, 0) is 36.4 Å². The van der Waals surface area contributed by atoms with E-state index in [1.165, 1.54) is 33.5 Å². The number of hydrogen-bond acceptors (Lipinski definition) is 7. The lowest BCUT2D eigenvalue weighted by Gasteiger charge is -2.24. The highest BCUT2D eigenvalue weighted by molar-refractivity contribution is 6.23. The van der Waals surface area contributed by atoms with E-state index in [2.05, 4.69) is 5.32 Å². The number of anilines is 1. The maximum absolute atomic E-state index is 13.4. The van der Waals surface area contributed by atoms with Gasteiger partial charge in [-0.25, -0.2) is 9.29 Å². The quantitative estimate of drug-likeness (QED) is 0.648. The first-order valence-electron chi connectivity index (χ1n) is 9.75. The highest BCUT2D eigenvalue weighted by atomic mass is 19.1. The van der Waals surface area contributed by atoms with E-state index in [0.29, 0.717) is 11.3 Å². The highest BCUT2D eigenvalue weighted by Gasteiger charge is 2.61. The van der Waals surface area contributed by atoms with Gasteiger partial charge in [-0.2, -0.15) is 0 Å². The van der Waals surface area contributed by atoms with E-state index < -0.39 is 47.5 Å². The molecule has 2 aromatic rings. The van der Waals surface area contributed by atoms with Gasteiger partial charge in [0.2, 0.25) is 17.6 Å². The van der Waals surface area contributed by atoms with Gasteiger partial charge in [0.15, 0.2) is 11.5 Å². The van der Waals surface area contributed by atoms with Crippen LogP contribution in [-0.4, -0.2) is 50.3 Å². The number of aliphatic carboxylic acids is 1. The van der Waals surface area contributed by atoms with Crippen LogP contribution in [0.1, 0.15) is 11.6 Å². The molecule has 2 amide bonds. The maximum Gasteiger partial charge on any atom is 0.321 e. The molecule has 168 valence electrons. The average molecular weight is 444 g/mol. The third kappa shape index (κ3) is 3.14. The van der Waals surface area contributed by atoms with Crippen molar-refractivity contribution >= 4 is 23.5 Å². The van der Waals surface area contributed by atoms with Crippen LogP contribution in [0.2, 0.25) is 0 Å². The molecule has 0 aromatic heterocycles. The smallest absolute Gasteiger partial charge is 0.321 e. The predicted molar refractivity (Wildman–Crippen MR) is 109 cm³/mol. The standard InChI is InChI=1S/C22H21FN2O7/c1-30-13-9-8-12(18(31-2)19(13)32-3)16-14-15(17(24-16)22(28)29)21(27)25(20(14)26)11-6-4-10(23)5-7-11/h4-9,14-17,24H,1-3H3,(H,28,29)/t14-,15-,16-,17-/m0/s1.